The highest BCUT2D eigenvalue weighted by Crippen LogP contribution is 2.17. The first kappa shape index (κ1) is 14.4. The number of hydrogen-bond acceptors (Lipinski definition) is 3. The number of Topliss-reactive ketones (excluding diaryl/α,β-unsaturated/α-hetero) is 1. The fourth-order valence-electron chi connectivity index (χ4n) is 1.41. The van der Waals surface area contributed by atoms with Crippen LogP contribution in [0.3, 0.4) is 0 Å². The van der Waals surface area contributed by atoms with Gasteiger partial charge >= 0.3 is 0 Å². The van der Waals surface area contributed by atoms with E-state index >= 15 is 0 Å². The highest BCUT2D eigenvalue weighted by Gasteiger charge is 2.31. The Balaban J connectivity index is 3.03. The molecule has 0 aliphatic carbocycles. The number of benzene rings is 1. The molecule has 5 heteroatoms. The van der Waals surface area contributed by atoms with E-state index in [4.69, 9.17) is 0 Å². The van der Waals surface area contributed by atoms with Gasteiger partial charge in [0.25, 0.3) is 0 Å². The molecule has 0 amide bonds. The van der Waals surface area contributed by atoms with Crippen LogP contribution in [0.15, 0.2) is 28.7 Å². The number of hydrogen-bond donors (Lipinski definition) is 0. The molecule has 1 aromatic carbocycles. The van der Waals surface area contributed by atoms with E-state index in [2.05, 4.69) is 15.9 Å². The first-order chi connectivity index (χ1) is 7.76. The third-order valence-corrected chi connectivity index (χ3v) is 5.69. The average Bonchev–Trinajstić information content (AvgIpc) is 2.27. The molecular weight excluding hydrogens is 304 g/mol. The molecule has 94 valence electrons. The number of rotatable bonds is 4. The molecule has 0 radical (unpaired) electrons. The van der Waals surface area contributed by atoms with Crippen molar-refractivity contribution in [3.63, 3.8) is 0 Å². The van der Waals surface area contributed by atoms with Crippen molar-refractivity contribution in [1.82, 2.24) is 0 Å². The van der Waals surface area contributed by atoms with E-state index in [9.17, 15) is 13.2 Å². The first-order valence-electron chi connectivity index (χ1n) is 5.29. The maximum Gasteiger partial charge on any atom is 0.180 e. The molecule has 0 aromatic heterocycles. The monoisotopic (exact) mass is 318 g/mol. The molecule has 0 spiro atoms. The molecule has 1 atom stereocenters. The summed E-state index contributed by atoms with van der Waals surface area (Å²) >= 11 is 3.26. The molecule has 17 heavy (non-hydrogen) atoms. The summed E-state index contributed by atoms with van der Waals surface area (Å²) in [5.41, 5.74) is 0.421. The predicted molar refractivity (Wildman–Crippen MR) is 72.0 cm³/mol. The fourth-order valence-corrected chi connectivity index (χ4v) is 2.92. The van der Waals surface area contributed by atoms with Crippen molar-refractivity contribution in [3.05, 3.63) is 34.3 Å². The summed E-state index contributed by atoms with van der Waals surface area (Å²) in [6, 6.07) is 6.70. The van der Waals surface area contributed by atoms with Gasteiger partial charge in [-0.3, -0.25) is 4.79 Å². The third-order valence-electron chi connectivity index (χ3n) is 2.65. The van der Waals surface area contributed by atoms with Crippen molar-refractivity contribution >= 4 is 31.6 Å². The van der Waals surface area contributed by atoms with Crippen LogP contribution in [0, 0.1) is 0 Å². The van der Waals surface area contributed by atoms with Crippen LogP contribution in [0.2, 0.25) is 0 Å². The molecule has 0 heterocycles. The van der Waals surface area contributed by atoms with Gasteiger partial charge in [0.15, 0.2) is 15.6 Å². The van der Waals surface area contributed by atoms with Crippen LogP contribution in [0.4, 0.5) is 0 Å². The smallest absolute Gasteiger partial charge is 0.180 e. The van der Waals surface area contributed by atoms with Gasteiger partial charge in [-0.05, 0) is 32.9 Å². The summed E-state index contributed by atoms with van der Waals surface area (Å²) in [5.74, 6) is -0.355. The Morgan fingerprint density at radius 1 is 1.12 bits per heavy atom. The van der Waals surface area contributed by atoms with E-state index in [1.807, 2.05) is 0 Å². The minimum Gasteiger partial charge on any atom is -0.293 e. The Bertz CT molecular complexity index is 503. The van der Waals surface area contributed by atoms with E-state index in [1.54, 1.807) is 38.1 Å². The summed E-state index contributed by atoms with van der Waals surface area (Å²) in [5, 5.41) is -1.54. The number of ketones is 1. The lowest BCUT2D eigenvalue weighted by Crippen LogP contribution is -2.32. The van der Waals surface area contributed by atoms with Crippen molar-refractivity contribution in [3.8, 4) is 0 Å². The molecule has 0 aliphatic rings. The highest BCUT2D eigenvalue weighted by molar-refractivity contribution is 9.10. The Hall–Kier alpha value is -0.680. The van der Waals surface area contributed by atoms with Gasteiger partial charge in [-0.15, -0.1) is 0 Å². The number of halogens is 1. The van der Waals surface area contributed by atoms with Crippen molar-refractivity contribution in [2.75, 3.05) is 0 Å². The zero-order valence-electron chi connectivity index (χ0n) is 9.98. The lowest BCUT2D eigenvalue weighted by atomic mass is 10.1. The van der Waals surface area contributed by atoms with Crippen molar-refractivity contribution in [2.45, 2.75) is 31.3 Å². The van der Waals surface area contributed by atoms with E-state index < -0.39 is 20.3 Å². The molecule has 0 N–H and O–H groups in total. The molecule has 1 rings (SSSR count). The standard InChI is InChI=1S/C12H15BrO3S/c1-8(2)17(15,16)9(3)12(14)10-4-6-11(13)7-5-10/h4-9H,1-3H3. The van der Waals surface area contributed by atoms with Gasteiger partial charge in [-0.2, -0.15) is 0 Å². The van der Waals surface area contributed by atoms with Crippen LogP contribution in [-0.4, -0.2) is 24.7 Å². The molecule has 0 saturated carbocycles. The molecule has 0 saturated heterocycles. The predicted octanol–water partition coefficient (Wildman–Crippen LogP) is 2.84. The van der Waals surface area contributed by atoms with Crippen molar-refractivity contribution in [2.24, 2.45) is 0 Å². The van der Waals surface area contributed by atoms with Crippen molar-refractivity contribution in [1.29, 1.82) is 0 Å². The van der Waals surface area contributed by atoms with Crippen LogP contribution in [-0.2, 0) is 9.84 Å². The van der Waals surface area contributed by atoms with Gasteiger partial charge in [0, 0.05) is 10.0 Å². The second-order valence-corrected chi connectivity index (χ2v) is 7.89. The van der Waals surface area contributed by atoms with Gasteiger partial charge in [0.1, 0.15) is 5.25 Å². The Morgan fingerprint density at radius 3 is 2.00 bits per heavy atom. The van der Waals surface area contributed by atoms with Gasteiger partial charge in [-0.25, -0.2) is 8.42 Å². The minimum absolute atomic E-state index is 0.355. The van der Waals surface area contributed by atoms with Crippen molar-refractivity contribution < 1.29 is 13.2 Å². The molecule has 1 unspecified atom stereocenters. The minimum atomic E-state index is -3.40. The molecule has 0 bridgehead atoms. The second-order valence-electron chi connectivity index (χ2n) is 4.15. The normalized spacial score (nSPS) is 13.7. The molecule has 3 nitrogen and oxygen atoms in total. The number of sulfone groups is 1. The first-order valence-corrected chi connectivity index (χ1v) is 7.69. The quantitative estimate of drug-likeness (QED) is 0.802. The maximum absolute atomic E-state index is 12.0. The lowest BCUT2D eigenvalue weighted by Gasteiger charge is -2.14. The van der Waals surface area contributed by atoms with E-state index in [-0.39, 0.29) is 5.78 Å². The van der Waals surface area contributed by atoms with Crippen LogP contribution < -0.4 is 0 Å². The van der Waals surface area contributed by atoms with Crippen LogP contribution in [0.1, 0.15) is 31.1 Å². The highest BCUT2D eigenvalue weighted by atomic mass is 79.9. The van der Waals surface area contributed by atoms with Crippen LogP contribution >= 0.6 is 15.9 Å². The molecule has 0 aliphatic heterocycles. The fraction of sp³-hybridized carbons (Fsp3) is 0.417. The van der Waals surface area contributed by atoms with Gasteiger partial charge in [0.2, 0.25) is 0 Å². The van der Waals surface area contributed by atoms with Gasteiger partial charge in [-0.1, -0.05) is 28.1 Å². The zero-order valence-corrected chi connectivity index (χ0v) is 12.4. The molecule has 0 fully saturated rings. The van der Waals surface area contributed by atoms with E-state index in [0.717, 1.165) is 4.47 Å². The Kier molecular flexibility index (Phi) is 4.49. The summed E-state index contributed by atoms with van der Waals surface area (Å²) in [6.07, 6.45) is 0. The van der Waals surface area contributed by atoms with Gasteiger partial charge < -0.3 is 0 Å². The van der Waals surface area contributed by atoms with E-state index in [0.29, 0.717) is 5.56 Å². The molecule has 1 aromatic rings. The second kappa shape index (κ2) is 5.31. The SMILES string of the molecule is CC(C)S(=O)(=O)C(C)C(=O)c1ccc(Br)cc1. The average molecular weight is 319 g/mol. The largest absolute Gasteiger partial charge is 0.293 e. The Morgan fingerprint density at radius 2 is 1.59 bits per heavy atom. The molecular formula is C12H15BrO3S. The third kappa shape index (κ3) is 3.16. The maximum atomic E-state index is 12.0. The number of carbonyl (C=O) groups excluding carboxylic acids is 1. The van der Waals surface area contributed by atoms with E-state index in [1.165, 1.54) is 6.92 Å². The zero-order chi connectivity index (χ0) is 13.2. The topological polar surface area (TPSA) is 51.2 Å². The summed E-state index contributed by atoms with van der Waals surface area (Å²) < 4.78 is 24.6. The van der Waals surface area contributed by atoms with Gasteiger partial charge in [0.05, 0.1) is 5.25 Å². The lowest BCUT2D eigenvalue weighted by molar-refractivity contribution is 0.0991. The van der Waals surface area contributed by atoms with Crippen LogP contribution in [0.25, 0.3) is 0 Å². The number of carbonyl (C=O) groups is 1. The van der Waals surface area contributed by atoms with Crippen LogP contribution in [0.5, 0.6) is 0 Å². The summed E-state index contributed by atoms with van der Waals surface area (Å²) in [6.45, 7) is 4.61. The Labute approximate surface area is 110 Å². The summed E-state index contributed by atoms with van der Waals surface area (Å²) in [7, 11) is -3.40. The summed E-state index contributed by atoms with van der Waals surface area (Å²) in [4.78, 5) is 12.0.